The molecule has 0 radical (unpaired) electrons. The quantitative estimate of drug-likeness (QED) is 0.294. The molecule has 1 heterocycles. The van der Waals surface area contributed by atoms with Gasteiger partial charge in [0, 0.05) is 0 Å². The fraction of sp³-hybridized carbons (Fsp3) is 0.0526. The van der Waals surface area contributed by atoms with E-state index in [4.69, 9.17) is 4.74 Å². The number of nitrogens with zero attached hydrogens (tertiary/aromatic N) is 3. The number of ether oxygens (including phenoxy) is 1. The molecule has 0 saturated carbocycles. The number of halogens is 1. The first-order valence-corrected chi connectivity index (χ1v) is 8.67. The third kappa shape index (κ3) is 4.70. The Morgan fingerprint density at radius 3 is 2.35 bits per heavy atom. The lowest BCUT2D eigenvalue weighted by molar-refractivity contribution is -0.383. The van der Waals surface area contributed by atoms with Gasteiger partial charge in [0.2, 0.25) is 11.6 Å². The fourth-order valence-corrected chi connectivity index (χ4v) is 2.57. The number of para-hydroxylation sites is 1. The molecule has 0 fully saturated rings. The van der Waals surface area contributed by atoms with Gasteiger partial charge in [0.25, 0.3) is 5.91 Å². The first-order chi connectivity index (χ1) is 14.9. The highest BCUT2D eigenvalue weighted by atomic mass is 19.1. The summed E-state index contributed by atoms with van der Waals surface area (Å²) in [6.45, 7) is 0. The molecule has 158 valence electrons. The summed E-state index contributed by atoms with van der Waals surface area (Å²) >= 11 is 0. The Kier molecular flexibility index (Phi) is 6.30. The van der Waals surface area contributed by atoms with Crippen LogP contribution in [0.3, 0.4) is 0 Å². The standard InChI is InChI=1S/C19H15FN6O5/c1-31-19(28)12-7-3-5-9-14(12)23-16-15(26(29)30)17(22-10-21-16)24-25-18(27)11-6-2-4-8-13(11)20/h2-10H,1H3,(H,25,27)(H2,21,22,23,24). The number of methoxy groups -OCH3 is 1. The maximum atomic E-state index is 13.7. The summed E-state index contributed by atoms with van der Waals surface area (Å²) in [7, 11) is 1.20. The van der Waals surface area contributed by atoms with Crippen LogP contribution < -0.4 is 16.2 Å². The topological polar surface area (TPSA) is 148 Å². The molecule has 1 amide bonds. The second kappa shape index (κ2) is 9.26. The Bertz CT molecular complexity index is 1160. The number of anilines is 3. The van der Waals surface area contributed by atoms with Crippen LogP contribution in [-0.2, 0) is 4.74 Å². The minimum atomic E-state index is -0.864. The van der Waals surface area contributed by atoms with Gasteiger partial charge in [0.05, 0.1) is 28.8 Å². The summed E-state index contributed by atoms with van der Waals surface area (Å²) in [5, 5.41) is 14.4. The van der Waals surface area contributed by atoms with Crippen LogP contribution in [-0.4, -0.2) is 33.9 Å². The second-order valence-electron chi connectivity index (χ2n) is 5.90. The number of rotatable bonds is 7. The van der Waals surface area contributed by atoms with Crippen LogP contribution in [0.4, 0.5) is 27.4 Å². The Labute approximate surface area is 174 Å². The van der Waals surface area contributed by atoms with E-state index < -0.39 is 28.3 Å². The predicted molar refractivity (Wildman–Crippen MR) is 107 cm³/mol. The molecular weight excluding hydrogens is 411 g/mol. The Morgan fingerprint density at radius 2 is 1.68 bits per heavy atom. The smallest absolute Gasteiger partial charge is 0.355 e. The van der Waals surface area contributed by atoms with Crippen molar-refractivity contribution in [1.82, 2.24) is 15.4 Å². The number of carbonyl (C=O) groups is 2. The maximum absolute atomic E-state index is 13.7. The van der Waals surface area contributed by atoms with E-state index in [1.165, 1.54) is 37.4 Å². The summed E-state index contributed by atoms with van der Waals surface area (Å²) in [6, 6.07) is 11.4. The zero-order valence-corrected chi connectivity index (χ0v) is 16.0. The Hall–Kier alpha value is -4.61. The normalized spacial score (nSPS) is 10.1. The van der Waals surface area contributed by atoms with Crippen LogP contribution in [0.25, 0.3) is 0 Å². The van der Waals surface area contributed by atoms with Crippen molar-refractivity contribution in [2.45, 2.75) is 0 Å². The third-order valence-corrected chi connectivity index (χ3v) is 4.00. The molecule has 2 aromatic carbocycles. The van der Waals surface area contributed by atoms with E-state index in [0.29, 0.717) is 0 Å². The van der Waals surface area contributed by atoms with Crippen LogP contribution in [0.5, 0.6) is 0 Å². The van der Waals surface area contributed by atoms with Gasteiger partial charge in [0.1, 0.15) is 12.1 Å². The first kappa shape index (κ1) is 21.1. The van der Waals surface area contributed by atoms with Gasteiger partial charge in [-0.2, -0.15) is 0 Å². The highest BCUT2D eigenvalue weighted by molar-refractivity contribution is 5.97. The van der Waals surface area contributed by atoms with Gasteiger partial charge >= 0.3 is 11.7 Å². The van der Waals surface area contributed by atoms with Gasteiger partial charge in [-0.1, -0.05) is 24.3 Å². The van der Waals surface area contributed by atoms with Gasteiger partial charge in [0.15, 0.2) is 0 Å². The van der Waals surface area contributed by atoms with Crippen molar-refractivity contribution in [1.29, 1.82) is 0 Å². The molecule has 12 heteroatoms. The lowest BCUT2D eigenvalue weighted by atomic mass is 10.2. The van der Waals surface area contributed by atoms with Gasteiger partial charge < -0.3 is 10.1 Å². The average Bonchev–Trinajstić information content (AvgIpc) is 2.77. The molecule has 0 aliphatic rings. The molecule has 3 rings (SSSR count). The number of aromatic nitrogens is 2. The number of esters is 1. The van der Waals surface area contributed by atoms with Crippen molar-refractivity contribution in [2.75, 3.05) is 17.9 Å². The molecule has 0 bridgehead atoms. The zero-order valence-electron chi connectivity index (χ0n) is 16.0. The van der Waals surface area contributed by atoms with Crippen molar-refractivity contribution in [3.63, 3.8) is 0 Å². The maximum Gasteiger partial charge on any atom is 0.355 e. The minimum Gasteiger partial charge on any atom is -0.465 e. The number of amides is 1. The number of nitro groups is 1. The van der Waals surface area contributed by atoms with Crippen molar-refractivity contribution in [2.24, 2.45) is 0 Å². The van der Waals surface area contributed by atoms with E-state index in [-0.39, 0.29) is 28.5 Å². The van der Waals surface area contributed by atoms with Gasteiger partial charge in [-0.05, 0) is 24.3 Å². The summed E-state index contributed by atoms with van der Waals surface area (Å²) in [6.07, 6.45) is 1.01. The molecule has 0 aliphatic carbocycles. The highest BCUT2D eigenvalue weighted by Gasteiger charge is 2.25. The van der Waals surface area contributed by atoms with Gasteiger partial charge in [-0.15, -0.1) is 0 Å². The van der Waals surface area contributed by atoms with Crippen molar-refractivity contribution < 1.29 is 23.6 Å². The molecule has 3 aromatic rings. The van der Waals surface area contributed by atoms with Crippen LogP contribution in [0.1, 0.15) is 20.7 Å². The molecule has 0 aliphatic heterocycles. The Balaban J connectivity index is 1.89. The van der Waals surface area contributed by atoms with E-state index in [1.807, 2.05) is 0 Å². The van der Waals surface area contributed by atoms with E-state index in [0.717, 1.165) is 12.4 Å². The van der Waals surface area contributed by atoms with Crippen LogP contribution >= 0.6 is 0 Å². The number of carbonyl (C=O) groups excluding carboxylic acids is 2. The molecular formula is C19H15FN6O5. The molecule has 11 nitrogen and oxygen atoms in total. The Morgan fingerprint density at radius 1 is 1.03 bits per heavy atom. The lowest BCUT2D eigenvalue weighted by Crippen LogP contribution is -2.31. The van der Waals surface area contributed by atoms with E-state index >= 15 is 0 Å². The fourth-order valence-electron chi connectivity index (χ4n) is 2.57. The molecule has 0 atom stereocenters. The largest absolute Gasteiger partial charge is 0.465 e. The number of hydrogen-bond acceptors (Lipinski definition) is 9. The third-order valence-electron chi connectivity index (χ3n) is 4.00. The average molecular weight is 426 g/mol. The minimum absolute atomic E-state index is 0.125. The van der Waals surface area contributed by atoms with E-state index in [9.17, 15) is 24.1 Å². The van der Waals surface area contributed by atoms with Crippen LogP contribution in [0.15, 0.2) is 54.9 Å². The van der Waals surface area contributed by atoms with Gasteiger partial charge in [-0.3, -0.25) is 25.8 Å². The van der Waals surface area contributed by atoms with Crippen LogP contribution in [0, 0.1) is 15.9 Å². The van der Waals surface area contributed by atoms with Gasteiger partial charge in [-0.25, -0.2) is 19.2 Å². The molecule has 0 saturated heterocycles. The highest BCUT2D eigenvalue weighted by Crippen LogP contribution is 2.31. The summed E-state index contributed by atoms with van der Waals surface area (Å²) in [4.78, 5) is 42.6. The summed E-state index contributed by atoms with van der Waals surface area (Å²) < 4.78 is 18.4. The summed E-state index contributed by atoms with van der Waals surface area (Å²) in [5.41, 5.74) is 3.91. The number of nitrogens with one attached hydrogen (secondary N) is 3. The molecule has 1 aromatic heterocycles. The molecule has 31 heavy (non-hydrogen) atoms. The number of hydrogen-bond donors (Lipinski definition) is 3. The molecule has 0 unspecified atom stereocenters. The van der Waals surface area contributed by atoms with E-state index in [1.54, 1.807) is 12.1 Å². The predicted octanol–water partition coefficient (Wildman–Crippen LogP) is 2.81. The van der Waals surface area contributed by atoms with Crippen molar-refractivity contribution in [3.8, 4) is 0 Å². The molecule has 3 N–H and O–H groups in total. The number of benzene rings is 2. The monoisotopic (exact) mass is 426 g/mol. The zero-order chi connectivity index (χ0) is 22.4. The second-order valence-corrected chi connectivity index (χ2v) is 5.90. The SMILES string of the molecule is COC(=O)c1ccccc1Nc1ncnc(NNC(=O)c2ccccc2F)c1[N+](=O)[O-]. The molecule has 0 spiro atoms. The number of hydrazine groups is 1. The lowest BCUT2D eigenvalue weighted by Gasteiger charge is -2.12. The summed E-state index contributed by atoms with van der Waals surface area (Å²) in [5.74, 6) is -2.89. The first-order valence-electron chi connectivity index (χ1n) is 8.67. The van der Waals surface area contributed by atoms with Crippen LogP contribution in [0.2, 0.25) is 0 Å². The van der Waals surface area contributed by atoms with E-state index in [2.05, 4.69) is 26.1 Å². The van der Waals surface area contributed by atoms with Crippen molar-refractivity contribution in [3.05, 3.63) is 81.9 Å². The van der Waals surface area contributed by atoms with Crippen molar-refractivity contribution >= 4 is 34.9 Å².